The monoisotopic (exact) mass is 138 g/mol. The first-order valence-electron chi connectivity index (χ1n) is 0.651. The number of hydrogen-bond donors (Lipinski definition) is 2. The molecule has 2 N–H and O–H groups in total. The molecule has 0 aliphatic rings. The van der Waals surface area contributed by atoms with Crippen molar-refractivity contribution in [1.29, 1.82) is 0 Å². The Balaban J connectivity index is -0.0000000450. The molecule has 6 heavy (non-hydrogen) atoms. The second-order valence-electron chi connectivity index (χ2n) is 0.283. The molecule has 2 radical (unpaired) electrons. The molecule has 0 aromatic rings. The summed E-state index contributed by atoms with van der Waals surface area (Å²) in [7, 11) is 0. The molecular weight excluding hydrogens is 136 g/mol. The van der Waals surface area contributed by atoms with Gasteiger partial charge in [0.15, 0.2) is 0 Å². The molecule has 0 amide bonds. The molecule has 0 atom stereocenters. The molecule has 0 aromatic heterocycles. The van der Waals surface area contributed by atoms with Crippen molar-refractivity contribution in [3.63, 3.8) is 0 Å². The SMILES string of the molecule is Cl.O=C(O)O.[Ca]. The zero-order valence-corrected chi connectivity index (χ0v) is 5.94. The van der Waals surface area contributed by atoms with Gasteiger partial charge in [0.25, 0.3) is 0 Å². The smallest absolute Gasteiger partial charge is 0.450 e. The summed E-state index contributed by atoms with van der Waals surface area (Å²) in [4.78, 5) is 8.56. The summed E-state index contributed by atoms with van der Waals surface area (Å²) < 4.78 is 0. The molecular formula is CH3CaClO3. The Bertz CT molecular complexity index is 33.8. The summed E-state index contributed by atoms with van der Waals surface area (Å²) in [5, 5.41) is 13.9. The fraction of sp³-hybridized carbons (Fsp3) is 0. The van der Waals surface area contributed by atoms with Crippen LogP contribution >= 0.6 is 12.4 Å². The molecule has 0 saturated carbocycles. The van der Waals surface area contributed by atoms with Gasteiger partial charge in [0, 0.05) is 37.7 Å². The number of hydrogen-bond acceptors (Lipinski definition) is 1. The number of halogens is 1. The Morgan fingerprint density at radius 3 is 1.33 bits per heavy atom. The van der Waals surface area contributed by atoms with Gasteiger partial charge >= 0.3 is 6.16 Å². The molecule has 0 aromatic carbocycles. The van der Waals surface area contributed by atoms with E-state index in [-0.39, 0.29) is 50.1 Å². The van der Waals surface area contributed by atoms with Crippen molar-refractivity contribution in [1.82, 2.24) is 0 Å². The first-order chi connectivity index (χ1) is 1.73. The summed E-state index contributed by atoms with van der Waals surface area (Å²) in [5.41, 5.74) is 0. The van der Waals surface area contributed by atoms with Gasteiger partial charge in [0.1, 0.15) is 0 Å². The third-order valence-corrected chi connectivity index (χ3v) is 0. The van der Waals surface area contributed by atoms with E-state index >= 15 is 0 Å². The van der Waals surface area contributed by atoms with E-state index in [0.29, 0.717) is 0 Å². The second kappa shape index (κ2) is 9.27. The Kier molecular flexibility index (Phi) is 24.4. The minimum atomic E-state index is -1.83. The summed E-state index contributed by atoms with van der Waals surface area (Å²) in [5.74, 6) is 0. The minimum Gasteiger partial charge on any atom is -0.450 e. The van der Waals surface area contributed by atoms with Crippen LogP contribution < -0.4 is 0 Å². The quantitative estimate of drug-likeness (QED) is 0.473. The van der Waals surface area contributed by atoms with Gasteiger partial charge in [-0.2, -0.15) is 0 Å². The Labute approximate surface area is 70.8 Å². The third kappa shape index (κ3) is 105. The van der Waals surface area contributed by atoms with Crippen LogP contribution in [0.15, 0.2) is 0 Å². The zero-order valence-electron chi connectivity index (χ0n) is 2.92. The van der Waals surface area contributed by atoms with Gasteiger partial charge in [-0.1, -0.05) is 0 Å². The van der Waals surface area contributed by atoms with Crippen molar-refractivity contribution in [2.45, 2.75) is 0 Å². The summed E-state index contributed by atoms with van der Waals surface area (Å²) in [6, 6.07) is 0. The predicted octanol–water partition coefficient (Wildman–Crippen LogP) is 0.263. The zero-order chi connectivity index (χ0) is 3.58. The van der Waals surface area contributed by atoms with Crippen molar-refractivity contribution in [2.24, 2.45) is 0 Å². The molecule has 34 valence electrons. The van der Waals surface area contributed by atoms with Crippen LogP contribution in [0.25, 0.3) is 0 Å². The standard InChI is InChI=1S/CH2O3.Ca.ClH/c2-1(3)4;;/h(H2,2,3,4);;1H. The molecule has 0 rings (SSSR count). The van der Waals surface area contributed by atoms with E-state index in [4.69, 9.17) is 15.0 Å². The van der Waals surface area contributed by atoms with Crippen molar-refractivity contribution >= 4 is 56.3 Å². The molecule has 0 fully saturated rings. The van der Waals surface area contributed by atoms with E-state index in [9.17, 15) is 0 Å². The van der Waals surface area contributed by atoms with E-state index in [1.165, 1.54) is 0 Å². The van der Waals surface area contributed by atoms with E-state index in [0.717, 1.165) is 0 Å². The first-order valence-corrected chi connectivity index (χ1v) is 0.651. The van der Waals surface area contributed by atoms with Crippen LogP contribution in [-0.2, 0) is 0 Å². The maximum Gasteiger partial charge on any atom is 0.503 e. The van der Waals surface area contributed by atoms with Gasteiger partial charge in [-0.05, 0) is 0 Å². The Morgan fingerprint density at radius 2 is 1.33 bits per heavy atom. The predicted molar refractivity (Wildman–Crippen MR) is 23.7 cm³/mol. The van der Waals surface area contributed by atoms with Gasteiger partial charge in [0.05, 0.1) is 0 Å². The molecule has 0 bridgehead atoms. The van der Waals surface area contributed by atoms with Crippen molar-refractivity contribution in [3.8, 4) is 0 Å². The molecule has 0 spiro atoms. The molecule has 0 aliphatic carbocycles. The topological polar surface area (TPSA) is 57.5 Å². The summed E-state index contributed by atoms with van der Waals surface area (Å²) in [6.07, 6.45) is -1.83. The molecule has 0 unspecified atom stereocenters. The molecule has 3 nitrogen and oxygen atoms in total. The molecule has 0 heterocycles. The van der Waals surface area contributed by atoms with Crippen LogP contribution in [-0.4, -0.2) is 54.1 Å². The Hall–Kier alpha value is 0.820. The van der Waals surface area contributed by atoms with Crippen LogP contribution in [0.2, 0.25) is 0 Å². The molecule has 5 heteroatoms. The van der Waals surface area contributed by atoms with E-state index in [2.05, 4.69) is 0 Å². The number of carbonyl (C=O) groups is 1. The van der Waals surface area contributed by atoms with E-state index in [1.807, 2.05) is 0 Å². The van der Waals surface area contributed by atoms with Crippen LogP contribution in [0.1, 0.15) is 0 Å². The maximum atomic E-state index is 8.56. The van der Waals surface area contributed by atoms with Crippen LogP contribution in [0, 0.1) is 0 Å². The normalized spacial score (nSPS) is 4.00. The summed E-state index contributed by atoms with van der Waals surface area (Å²) in [6.45, 7) is 0. The van der Waals surface area contributed by atoms with Crippen LogP contribution in [0.4, 0.5) is 4.79 Å². The Morgan fingerprint density at radius 1 is 1.33 bits per heavy atom. The number of carboxylic acid groups (broad SMARTS) is 2. The van der Waals surface area contributed by atoms with Crippen LogP contribution in [0.5, 0.6) is 0 Å². The first kappa shape index (κ1) is 15.8. The largest absolute Gasteiger partial charge is 0.503 e. The van der Waals surface area contributed by atoms with Crippen molar-refractivity contribution in [2.75, 3.05) is 0 Å². The summed E-state index contributed by atoms with van der Waals surface area (Å²) >= 11 is 0. The van der Waals surface area contributed by atoms with Gasteiger partial charge in [0.2, 0.25) is 0 Å². The van der Waals surface area contributed by atoms with Gasteiger partial charge < -0.3 is 10.2 Å². The van der Waals surface area contributed by atoms with Crippen LogP contribution in [0.3, 0.4) is 0 Å². The molecule has 0 aliphatic heterocycles. The maximum absolute atomic E-state index is 8.56. The fourth-order valence-corrected chi connectivity index (χ4v) is 0. The molecule has 0 saturated heterocycles. The van der Waals surface area contributed by atoms with E-state index in [1.54, 1.807) is 0 Å². The van der Waals surface area contributed by atoms with Gasteiger partial charge in [-0.25, -0.2) is 4.79 Å². The fourth-order valence-electron chi connectivity index (χ4n) is 0. The van der Waals surface area contributed by atoms with Gasteiger partial charge in [-0.3, -0.25) is 0 Å². The van der Waals surface area contributed by atoms with E-state index < -0.39 is 6.16 Å². The van der Waals surface area contributed by atoms with Gasteiger partial charge in [-0.15, -0.1) is 12.4 Å². The van der Waals surface area contributed by atoms with Crippen molar-refractivity contribution < 1.29 is 15.0 Å². The average Bonchev–Trinajstić information content (AvgIpc) is 0.811. The minimum absolute atomic E-state index is 0. The average molecular weight is 139 g/mol. The third-order valence-electron chi connectivity index (χ3n) is 0. The van der Waals surface area contributed by atoms with Crippen molar-refractivity contribution in [3.05, 3.63) is 0 Å². The second-order valence-corrected chi connectivity index (χ2v) is 0.283. The number of rotatable bonds is 0.